The fourth-order valence-electron chi connectivity index (χ4n) is 0.975. The molecule has 0 radical (unpaired) electrons. The molecule has 0 fully saturated rings. The second-order valence-electron chi connectivity index (χ2n) is 3.36. The summed E-state index contributed by atoms with van der Waals surface area (Å²) in [6.45, 7) is 3.70. The second kappa shape index (κ2) is 5.25. The Hall–Kier alpha value is -1.91. The van der Waals surface area contributed by atoms with Gasteiger partial charge in [-0.1, -0.05) is 6.92 Å². The quantitative estimate of drug-likeness (QED) is 0.786. The number of rotatable bonds is 4. The number of hydrogen-bond donors (Lipinski definition) is 1. The first-order chi connectivity index (χ1) is 7.54. The number of carbonyl (C=O) groups is 2. The number of aromatic nitrogens is 1. The SMILES string of the molecule is CCC(C)OC(=O)c1ccc(C(=O)O)nc1. The molecule has 1 atom stereocenters. The van der Waals surface area contributed by atoms with E-state index in [4.69, 9.17) is 9.84 Å². The van der Waals surface area contributed by atoms with E-state index in [0.29, 0.717) is 0 Å². The van der Waals surface area contributed by atoms with Crippen molar-refractivity contribution in [3.63, 3.8) is 0 Å². The van der Waals surface area contributed by atoms with Gasteiger partial charge in [-0.05, 0) is 25.5 Å². The van der Waals surface area contributed by atoms with Crippen molar-refractivity contribution in [1.29, 1.82) is 0 Å². The van der Waals surface area contributed by atoms with Gasteiger partial charge >= 0.3 is 11.9 Å². The van der Waals surface area contributed by atoms with Gasteiger partial charge in [0, 0.05) is 6.20 Å². The van der Waals surface area contributed by atoms with Crippen molar-refractivity contribution >= 4 is 11.9 Å². The number of carbonyl (C=O) groups excluding carboxylic acids is 1. The van der Waals surface area contributed by atoms with E-state index in [2.05, 4.69) is 4.98 Å². The van der Waals surface area contributed by atoms with Gasteiger partial charge < -0.3 is 9.84 Å². The fraction of sp³-hybridized carbons (Fsp3) is 0.364. The number of ether oxygens (including phenoxy) is 1. The molecule has 1 unspecified atom stereocenters. The predicted octanol–water partition coefficient (Wildman–Crippen LogP) is 1.74. The molecule has 0 aliphatic carbocycles. The lowest BCUT2D eigenvalue weighted by Crippen LogP contribution is -2.14. The van der Waals surface area contributed by atoms with Crippen molar-refractivity contribution in [2.45, 2.75) is 26.4 Å². The Morgan fingerprint density at radius 2 is 2.19 bits per heavy atom. The third-order valence-electron chi connectivity index (χ3n) is 2.10. The summed E-state index contributed by atoms with van der Waals surface area (Å²) in [5.74, 6) is -1.61. The highest BCUT2D eigenvalue weighted by Crippen LogP contribution is 2.06. The van der Waals surface area contributed by atoms with Gasteiger partial charge in [0.05, 0.1) is 11.7 Å². The summed E-state index contributed by atoms with van der Waals surface area (Å²) in [6, 6.07) is 2.66. The van der Waals surface area contributed by atoms with Gasteiger partial charge in [0.15, 0.2) is 0 Å². The van der Waals surface area contributed by atoms with E-state index in [1.807, 2.05) is 6.92 Å². The normalized spacial score (nSPS) is 11.9. The first-order valence-electron chi connectivity index (χ1n) is 4.95. The molecule has 5 nitrogen and oxygen atoms in total. The van der Waals surface area contributed by atoms with Gasteiger partial charge in [0.1, 0.15) is 5.69 Å². The van der Waals surface area contributed by atoms with Crippen LogP contribution in [0.3, 0.4) is 0 Å². The third-order valence-corrected chi connectivity index (χ3v) is 2.10. The molecule has 86 valence electrons. The molecule has 0 aliphatic rings. The lowest BCUT2D eigenvalue weighted by molar-refractivity contribution is 0.0333. The highest BCUT2D eigenvalue weighted by Gasteiger charge is 2.12. The maximum absolute atomic E-state index is 11.5. The van der Waals surface area contributed by atoms with Gasteiger partial charge in [0.25, 0.3) is 0 Å². The Bertz CT molecular complexity index is 385. The fourth-order valence-corrected chi connectivity index (χ4v) is 0.975. The Morgan fingerprint density at radius 1 is 1.50 bits per heavy atom. The summed E-state index contributed by atoms with van der Waals surface area (Å²) in [4.78, 5) is 25.6. The van der Waals surface area contributed by atoms with Crippen molar-refractivity contribution < 1.29 is 19.4 Å². The van der Waals surface area contributed by atoms with Crippen molar-refractivity contribution in [2.75, 3.05) is 0 Å². The van der Waals surface area contributed by atoms with E-state index in [0.717, 1.165) is 6.42 Å². The lowest BCUT2D eigenvalue weighted by atomic mass is 10.2. The highest BCUT2D eigenvalue weighted by atomic mass is 16.5. The predicted molar refractivity (Wildman–Crippen MR) is 56.4 cm³/mol. The van der Waals surface area contributed by atoms with Crippen LogP contribution in [0, 0.1) is 0 Å². The molecule has 1 aromatic rings. The smallest absolute Gasteiger partial charge is 0.354 e. The number of carboxylic acid groups (broad SMARTS) is 1. The Morgan fingerprint density at radius 3 is 2.62 bits per heavy atom. The third kappa shape index (κ3) is 3.05. The summed E-state index contributed by atoms with van der Waals surface area (Å²) in [6.07, 6.45) is 1.77. The second-order valence-corrected chi connectivity index (χ2v) is 3.36. The number of esters is 1. The van der Waals surface area contributed by atoms with E-state index in [9.17, 15) is 9.59 Å². The van der Waals surface area contributed by atoms with Crippen LogP contribution in [0.1, 0.15) is 41.1 Å². The van der Waals surface area contributed by atoms with Crippen LogP contribution in [0.5, 0.6) is 0 Å². The minimum absolute atomic E-state index is 0.0971. The molecule has 5 heteroatoms. The maximum Gasteiger partial charge on any atom is 0.354 e. The summed E-state index contributed by atoms with van der Waals surface area (Å²) >= 11 is 0. The topological polar surface area (TPSA) is 76.5 Å². The van der Waals surface area contributed by atoms with E-state index >= 15 is 0 Å². The zero-order chi connectivity index (χ0) is 12.1. The Balaban J connectivity index is 2.74. The molecule has 1 N–H and O–H groups in total. The minimum atomic E-state index is -1.12. The summed E-state index contributed by atoms with van der Waals surface area (Å²) in [5, 5.41) is 8.62. The van der Waals surface area contributed by atoms with Crippen LogP contribution >= 0.6 is 0 Å². The summed E-state index contributed by atoms with van der Waals surface area (Å²) in [7, 11) is 0. The molecular formula is C11H13NO4. The maximum atomic E-state index is 11.5. The molecule has 1 heterocycles. The van der Waals surface area contributed by atoms with E-state index in [-0.39, 0.29) is 17.4 Å². The van der Waals surface area contributed by atoms with Crippen LogP contribution < -0.4 is 0 Å². The molecule has 16 heavy (non-hydrogen) atoms. The molecule has 0 aliphatic heterocycles. The van der Waals surface area contributed by atoms with Gasteiger partial charge in [0.2, 0.25) is 0 Å². The molecule has 0 aromatic carbocycles. The van der Waals surface area contributed by atoms with Crippen LogP contribution in [0.4, 0.5) is 0 Å². The molecule has 1 aromatic heterocycles. The number of carboxylic acids is 1. The van der Waals surface area contributed by atoms with Crippen molar-refractivity contribution in [3.8, 4) is 0 Å². The average Bonchev–Trinajstić information content (AvgIpc) is 2.28. The minimum Gasteiger partial charge on any atom is -0.477 e. The average molecular weight is 223 g/mol. The van der Waals surface area contributed by atoms with E-state index in [1.165, 1.54) is 18.3 Å². The summed E-state index contributed by atoms with van der Waals surface area (Å²) in [5.41, 5.74) is 0.158. The monoisotopic (exact) mass is 223 g/mol. The molecule has 0 saturated carbocycles. The molecule has 0 saturated heterocycles. The van der Waals surface area contributed by atoms with Crippen molar-refractivity contribution in [1.82, 2.24) is 4.98 Å². The zero-order valence-corrected chi connectivity index (χ0v) is 9.14. The molecule has 0 spiro atoms. The van der Waals surface area contributed by atoms with E-state index < -0.39 is 11.9 Å². The standard InChI is InChI=1S/C11H13NO4/c1-3-7(2)16-11(15)8-4-5-9(10(13)14)12-6-8/h4-7H,3H2,1-2H3,(H,13,14). The number of pyridine rings is 1. The van der Waals surface area contributed by atoms with Gasteiger partial charge in [-0.3, -0.25) is 0 Å². The molecular weight excluding hydrogens is 210 g/mol. The Kier molecular flexibility index (Phi) is 3.99. The number of nitrogens with zero attached hydrogens (tertiary/aromatic N) is 1. The van der Waals surface area contributed by atoms with Crippen LogP contribution in [-0.4, -0.2) is 28.1 Å². The van der Waals surface area contributed by atoms with Crippen LogP contribution in [0.2, 0.25) is 0 Å². The molecule has 0 amide bonds. The van der Waals surface area contributed by atoms with Crippen molar-refractivity contribution in [2.24, 2.45) is 0 Å². The lowest BCUT2D eigenvalue weighted by Gasteiger charge is -2.10. The number of hydrogen-bond acceptors (Lipinski definition) is 4. The zero-order valence-electron chi connectivity index (χ0n) is 9.14. The molecule has 1 rings (SSSR count). The largest absolute Gasteiger partial charge is 0.477 e. The summed E-state index contributed by atoms with van der Waals surface area (Å²) < 4.78 is 5.06. The van der Waals surface area contributed by atoms with E-state index in [1.54, 1.807) is 6.92 Å². The van der Waals surface area contributed by atoms with Crippen molar-refractivity contribution in [3.05, 3.63) is 29.6 Å². The highest BCUT2D eigenvalue weighted by molar-refractivity contribution is 5.91. The van der Waals surface area contributed by atoms with Crippen LogP contribution in [0.25, 0.3) is 0 Å². The van der Waals surface area contributed by atoms with Gasteiger partial charge in [-0.2, -0.15) is 0 Å². The first kappa shape index (κ1) is 12.2. The van der Waals surface area contributed by atoms with Gasteiger partial charge in [-0.25, -0.2) is 14.6 Å². The van der Waals surface area contributed by atoms with Gasteiger partial charge in [-0.15, -0.1) is 0 Å². The van der Waals surface area contributed by atoms with Crippen LogP contribution in [-0.2, 0) is 4.74 Å². The number of aromatic carboxylic acids is 1. The Labute approximate surface area is 93.1 Å². The molecule has 0 bridgehead atoms. The first-order valence-corrected chi connectivity index (χ1v) is 4.95. The van der Waals surface area contributed by atoms with Crippen LogP contribution in [0.15, 0.2) is 18.3 Å².